The van der Waals surface area contributed by atoms with E-state index >= 15 is 4.79 Å². The predicted molar refractivity (Wildman–Crippen MR) is 262 cm³/mol. The van der Waals surface area contributed by atoms with Crippen LogP contribution in [0, 0.1) is 11.8 Å². The molecule has 0 unspecified atom stereocenters. The van der Waals surface area contributed by atoms with Crippen LogP contribution in [0.15, 0.2) is 117 Å². The smallest absolute Gasteiger partial charge is 0.339 e. The van der Waals surface area contributed by atoms with E-state index in [1.165, 1.54) is 16.7 Å². The number of aliphatic hydroxyl groups is 3. The fraction of sp³-hybridized carbons (Fsp3) is 0.466. The van der Waals surface area contributed by atoms with E-state index in [4.69, 9.17) is 23.4 Å². The molecule has 2 saturated carbocycles. The molecular formula is C58H66O11. The van der Waals surface area contributed by atoms with E-state index < -0.39 is 48.1 Å². The Morgan fingerprint density at radius 2 is 1.59 bits per heavy atom. The SMILES string of the molecule is C/C(CO)=C1\CCc2ccc(cc2)[C@@H]2CC[C@H](c3cccc(Cc4ccccc4)c3)C[C@@H]2CC(=O)O[C@@H]2c3c(ccc4cc([C@H](CCO)COCO)c(=O)oc34)O[C@@](C)(C3CCCCC3)[C@H]2OC1=O. The molecule has 11 heteroatoms. The Bertz CT molecular complexity index is 2680. The summed E-state index contributed by atoms with van der Waals surface area (Å²) in [5.74, 6) is -1.16. The molecule has 3 N–H and O–H groups in total. The van der Waals surface area contributed by atoms with Gasteiger partial charge in [-0.3, -0.25) is 4.79 Å². The van der Waals surface area contributed by atoms with E-state index in [1.807, 2.05) is 13.0 Å². The van der Waals surface area contributed by atoms with Gasteiger partial charge in [0.05, 0.1) is 18.8 Å². The van der Waals surface area contributed by atoms with Gasteiger partial charge in [0.15, 0.2) is 12.2 Å². The number of rotatable bonds is 11. The number of hydrogen-bond acceptors (Lipinski definition) is 11. The number of benzene rings is 4. The van der Waals surface area contributed by atoms with Crippen LogP contribution in [0.25, 0.3) is 11.0 Å². The highest BCUT2D eigenvalue weighted by Crippen LogP contribution is 2.53. The van der Waals surface area contributed by atoms with Gasteiger partial charge < -0.3 is 38.7 Å². The van der Waals surface area contributed by atoms with Crippen LogP contribution in [0.1, 0.15) is 147 Å². The molecule has 4 heterocycles. The van der Waals surface area contributed by atoms with Crippen molar-refractivity contribution in [3.8, 4) is 5.75 Å². The fourth-order valence-corrected chi connectivity index (χ4v) is 12.0. The molecule has 7 atom stereocenters. The monoisotopic (exact) mass is 938 g/mol. The molecule has 5 aliphatic rings. The van der Waals surface area contributed by atoms with Crippen LogP contribution >= 0.6 is 0 Å². The zero-order valence-electron chi connectivity index (χ0n) is 39.9. The highest BCUT2D eigenvalue weighted by molar-refractivity contribution is 5.90. The molecule has 364 valence electrons. The standard InChI is InChI=1S/C58H66O11/c1-36(33-60)47-23-18-37-16-19-40(20-17-37)48-24-21-42(41-13-9-12-39(29-41)28-38-10-5-3-6-11-38)30-45(48)32-51(62)66-54-52-50(69-58(2,55(54)68-56(47)63)46-14-7-4-8-15-46)25-22-43-31-49(57(64)67-53(43)52)44(26-27-59)34-65-35-61/h3,5-6,9-13,16-17,19-20,22,25,29,31,42,44-46,48,54-55,59-61H,4,7-8,14-15,18,21,23-24,26-28,30,32-35H2,1-2H3/b47-36-/t42-,44+,45+,48-,54+,55-,58-/m0/s1. The van der Waals surface area contributed by atoms with Crippen LogP contribution in [0.3, 0.4) is 0 Å². The van der Waals surface area contributed by atoms with Crippen LogP contribution in [0.5, 0.6) is 5.75 Å². The topological polar surface area (TPSA) is 162 Å². The Kier molecular flexibility index (Phi) is 15.2. The molecule has 2 aliphatic carbocycles. The zero-order chi connectivity index (χ0) is 48.1. The number of aliphatic hydroxyl groups excluding tert-OH is 3. The maximum Gasteiger partial charge on any atom is 0.339 e. The van der Waals surface area contributed by atoms with Crippen LogP contribution in [0.2, 0.25) is 0 Å². The van der Waals surface area contributed by atoms with E-state index in [9.17, 15) is 24.9 Å². The van der Waals surface area contributed by atoms with Crippen molar-refractivity contribution < 1.29 is 48.3 Å². The summed E-state index contributed by atoms with van der Waals surface area (Å²) >= 11 is 0. The van der Waals surface area contributed by atoms with Gasteiger partial charge in [-0.2, -0.15) is 0 Å². The van der Waals surface area contributed by atoms with Crippen molar-refractivity contribution in [2.45, 2.75) is 133 Å². The minimum atomic E-state index is -1.24. The van der Waals surface area contributed by atoms with Crippen LogP contribution < -0.4 is 10.4 Å². The summed E-state index contributed by atoms with van der Waals surface area (Å²) in [4.78, 5) is 44.1. The van der Waals surface area contributed by atoms with E-state index in [2.05, 4.69) is 72.8 Å². The van der Waals surface area contributed by atoms with Crippen LogP contribution in [0.4, 0.5) is 0 Å². The number of carbonyl (C=O) groups is 2. The minimum absolute atomic E-state index is 0.0192. The molecule has 5 aromatic rings. The first-order valence-electron chi connectivity index (χ1n) is 25.1. The van der Waals surface area contributed by atoms with Gasteiger partial charge in [-0.05, 0) is 141 Å². The average Bonchev–Trinajstić information content (AvgIpc) is 3.36. The second kappa shape index (κ2) is 21.6. The lowest BCUT2D eigenvalue weighted by molar-refractivity contribution is -0.201. The largest absolute Gasteiger partial charge is 0.483 e. The Morgan fingerprint density at radius 1 is 0.812 bits per heavy atom. The highest BCUT2D eigenvalue weighted by Gasteiger charge is 2.56. The summed E-state index contributed by atoms with van der Waals surface area (Å²) in [7, 11) is 0. The number of fused-ring (bicyclic) bond motifs is 11. The van der Waals surface area contributed by atoms with E-state index in [1.54, 1.807) is 25.1 Å². The molecule has 11 nitrogen and oxygen atoms in total. The van der Waals surface area contributed by atoms with Crippen molar-refractivity contribution in [1.82, 2.24) is 0 Å². The molecule has 10 rings (SSSR count). The number of esters is 2. The van der Waals surface area contributed by atoms with Gasteiger partial charge in [0.1, 0.15) is 23.7 Å². The molecule has 3 aliphatic heterocycles. The quantitative estimate of drug-likeness (QED) is 0.0500. The second-order valence-electron chi connectivity index (χ2n) is 20.1. The lowest BCUT2D eigenvalue weighted by Crippen LogP contribution is -2.58. The van der Waals surface area contributed by atoms with Crippen LogP contribution in [-0.4, -0.2) is 65.6 Å². The van der Waals surface area contributed by atoms with Gasteiger partial charge in [-0.25, -0.2) is 9.59 Å². The normalized spacial score (nSPS) is 25.7. The molecule has 4 aromatic carbocycles. The van der Waals surface area contributed by atoms with Gasteiger partial charge in [0.25, 0.3) is 0 Å². The van der Waals surface area contributed by atoms with Gasteiger partial charge in [0.2, 0.25) is 0 Å². The van der Waals surface area contributed by atoms with Crippen molar-refractivity contribution in [3.63, 3.8) is 0 Å². The summed E-state index contributed by atoms with van der Waals surface area (Å²) in [6.45, 7) is 2.54. The summed E-state index contributed by atoms with van der Waals surface area (Å²) in [6, 6.07) is 33.2. The third kappa shape index (κ3) is 10.5. The number of ether oxygens (including phenoxy) is 4. The Morgan fingerprint density at radius 3 is 2.35 bits per heavy atom. The highest BCUT2D eigenvalue weighted by atomic mass is 16.6. The Labute approximate surface area is 404 Å². The summed E-state index contributed by atoms with van der Waals surface area (Å²) in [6.07, 6.45) is 6.76. The van der Waals surface area contributed by atoms with E-state index in [0.717, 1.165) is 68.9 Å². The van der Waals surface area contributed by atoms with Crippen molar-refractivity contribution >= 4 is 22.9 Å². The van der Waals surface area contributed by atoms with Crippen molar-refractivity contribution in [2.75, 3.05) is 26.6 Å². The lowest BCUT2D eigenvalue weighted by Gasteiger charge is -2.50. The van der Waals surface area contributed by atoms with Crippen LogP contribution in [-0.2, 0) is 36.6 Å². The van der Waals surface area contributed by atoms with E-state index in [0.29, 0.717) is 40.7 Å². The third-order valence-electron chi connectivity index (χ3n) is 15.8. The van der Waals surface area contributed by atoms with Gasteiger partial charge in [-0.15, -0.1) is 0 Å². The van der Waals surface area contributed by atoms with Crippen molar-refractivity contribution in [1.29, 1.82) is 0 Å². The molecular weight excluding hydrogens is 873 g/mol. The minimum Gasteiger partial charge on any atom is -0.483 e. The van der Waals surface area contributed by atoms with Gasteiger partial charge in [0, 0.05) is 41.4 Å². The molecule has 0 amide bonds. The molecule has 1 aromatic heterocycles. The molecule has 0 spiro atoms. The Balaban J connectivity index is 1.15. The predicted octanol–water partition coefficient (Wildman–Crippen LogP) is 10.1. The number of aryl methyl sites for hydroxylation is 1. The number of hydrogen-bond donors (Lipinski definition) is 3. The maximum absolute atomic E-state index is 15.2. The molecule has 2 fully saturated rings. The summed E-state index contributed by atoms with van der Waals surface area (Å²) in [5.41, 5.74) is 5.65. The summed E-state index contributed by atoms with van der Waals surface area (Å²) in [5, 5.41) is 30.3. The first-order chi connectivity index (χ1) is 33.6. The number of carbonyl (C=O) groups excluding carboxylic acids is 2. The van der Waals surface area contributed by atoms with E-state index in [-0.39, 0.29) is 67.5 Å². The zero-order valence-corrected chi connectivity index (χ0v) is 39.9. The fourth-order valence-electron chi connectivity index (χ4n) is 12.0. The van der Waals surface area contributed by atoms with Crippen molar-refractivity contribution in [2.24, 2.45) is 11.8 Å². The molecule has 69 heavy (non-hydrogen) atoms. The molecule has 2 bridgehead atoms. The average molecular weight is 939 g/mol. The Hall–Kier alpha value is -5.59. The third-order valence-corrected chi connectivity index (χ3v) is 15.8. The molecule has 0 radical (unpaired) electrons. The lowest BCUT2D eigenvalue weighted by atomic mass is 9.68. The summed E-state index contributed by atoms with van der Waals surface area (Å²) < 4.78 is 32.2. The molecule has 0 saturated heterocycles. The first kappa shape index (κ1) is 48.4. The van der Waals surface area contributed by atoms with Gasteiger partial charge in [-0.1, -0.05) is 98.1 Å². The van der Waals surface area contributed by atoms with Crippen molar-refractivity contribution in [3.05, 3.63) is 158 Å². The second-order valence-corrected chi connectivity index (χ2v) is 20.1. The van der Waals surface area contributed by atoms with Gasteiger partial charge >= 0.3 is 17.6 Å². The maximum atomic E-state index is 15.2. The first-order valence-corrected chi connectivity index (χ1v) is 25.1.